The summed E-state index contributed by atoms with van der Waals surface area (Å²) in [5.74, 6) is -2.12. The lowest BCUT2D eigenvalue weighted by molar-refractivity contribution is -0.146. The highest BCUT2D eigenvalue weighted by atomic mass is 16.4. The van der Waals surface area contributed by atoms with Gasteiger partial charge < -0.3 is 10.4 Å². The first-order valence-electron chi connectivity index (χ1n) is 6.29. The van der Waals surface area contributed by atoms with Gasteiger partial charge >= 0.3 is 5.97 Å². The summed E-state index contributed by atoms with van der Waals surface area (Å²) in [6.07, 6.45) is 7.85. The Hall–Kier alpha value is -2.17. The summed E-state index contributed by atoms with van der Waals surface area (Å²) in [6.45, 7) is 0. The number of amides is 1. The van der Waals surface area contributed by atoms with Crippen molar-refractivity contribution in [2.45, 2.75) is 6.42 Å². The molecule has 1 amide bonds. The predicted octanol–water partition coefficient (Wildman–Crippen LogP) is 1.54. The van der Waals surface area contributed by atoms with Crippen molar-refractivity contribution in [1.29, 1.82) is 0 Å². The van der Waals surface area contributed by atoms with Gasteiger partial charge in [-0.15, -0.1) is 0 Å². The summed E-state index contributed by atoms with van der Waals surface area (Å²) in [5.41, 5.74) is 0.649. The van der Waals surface area contributed by atoms with Crippen molar-refractivity contribution in [3.05, 3.63) is 36.7 Å². The molecule has 0 saturated heterocycles. The molecule has 3 rings (SSSR count). The summed E-state index contributed by atoms with van der Waals surface area (Å²) >= 11 is 0. The molecular formula is C14H14N2O3. The quantitative estimate of drug-likeness (QED) is 0.806. The Balaban J connectivity index is 1.79. The van der Waals surface area contributed by atoms with Crippen molar-refractivity contribution < 1.29 is 14.7 Å². The zero-order valence-corrected chi connectivity index (χ0v) is 10.2. The number of aromatic nitrogens is 1. The molecule has 2 bridgehead atoms. The molecule has 2 aliphatic carbocycles. The summed E-state index contributed by atoms with van der Waals surface area (Å²) in [4.78, 5) is 27.5. The van der Waals surface area contributed by atoms with Gasteiger partial charge in [0, 0.05) is 18.1 Å². The maximum absolute atomic E-state index is 12.3. The van der Waals surface area contributed by atoms with E-state index in [-0.39, 0.29) is 17.7 Å². The van der Waals surface area contributed by atoms with Gasteiger partial charge in [-0.1, -0.05) is 12.2 Å². The van der Waals surface area contributed by atoms with E-state index < -0.39 is 17.8 Å². The SMILES string of the molecule is O=C(O)[C@@H]1[C@H](C(=O)Nc2ccncc2)[C@H]2C=C[C@H]1C2. The van der Waals surface area contributed by atoms with Crippen LogP contribution in [-0.4, -0.2) is 22.0 Å². The van der Waals surface area contributed by atoms with Crippen LogP contribution in [0.2, 0.25) is 0 Å². The van der Waals surface area contributed by atoms with E-state index in [4.69, 9.17) is 0 Å². The lowest BCUT2D eigenvalue weighted by atomic mass is 9.82. The number of carbonyl (C=O) groups is 2. The maximum atomic E-state index is 12.3. The third-order valence-electron chi connectivity index (χ3n) is 4.00. The number of nitrogens with zero attached hydrogens (tertiary/aromatic N) is 1. The van der Waals surface area contributed by atoms with Gasteiger partial charge in [0.1, 0.15) is 0 Å². The molecule has 1 fully saturated rings. The van der Waals surface area contributed by atoms with Crippen LogP contribution >= 0.6 is 0 Å². The third-order valence-corrected chi connectivity index (χ3v) is 4.00. The minimum Gasteiger partial charge on any atom is -0.481 e. The van der Waals surface area contributed by atoms with Crippen molar-refractivity contribution >= 4 is 17.6 Å². The standard InChI is InChI=1S/C14H14N2O3/c17-13(16-10-3-5-15-6-4-10)11-8-1-2-9(7-8)12(11)14(18)19/h1-6,8-9,11-12H,7H2,(H,18,19)(H,15,16,17)/t8-,9-,11+,12-/m0/s1. The number of hydrogen-bond donors (Lipinski definition) is 2. The van der Waals surface area contributed by atoms with Gasteiger partial charge in [0.15, 0.2) is 0 Å². The van der Waals surface area contributed by atoms with Crippen molar-refractivity contribution in [3.63, 3.8) is 0 Å². The van der Waals surface area contributed by atoms with Gasteiger partial charge in [-0.05, 0) is 30.4 Å². The third kappa shape index (κ3) is 2.01. The number of hydrogen-bond acceptors (Lipinski definition) is 3. The first-order chi connectivity index (χ1) is 9.16. The zero-order chi connectivity index (χ0) is 13.4. The minimum atomic E-state index is -0.883. The van der Waals surface area contributed by atoms with Gasteiger partial charge in [0.2, 0.25) is 5.91 Å². The Labute approximate surface area is 110 Å². The first kappa shape index (κ1) is 11.9. The second kappa shape index (κ2) is 4.50. The molecule has 1 saturated carbocycles. The van der Waals surface area contributed by atoms with Crippen molar-refractivity contribution in [2.24, 2.45) is 23.7 Å². The fourth-order valence-corrected chi connectivity index (χ4v) is 3.18. The van der Waals surface area contributed by atoms with Gasteiger partial charge in [-0.25, -0.2) is 0 Å². The largest absolute Gasteiger partial charge is 0.481 e. The molecule has 2 N–H and O–H groups in total. The highest BCUT2D eigenvalue weighted by Crippen LogP contribution is 2.48. The van der Waals surface area contributed by atoms with Gasteiger partial charge in [-0.3, -0.25) is 14.6 Å². The molecule has 2 aliphatic rings. The van der Waals surface area contributed by atoms with E-state index in [9.17, 15) is 14.7 Å². The number of carbonyl (C=O) groups excluding carboxylic acids is 1. The number of aliphatic carboxylic acids is 1. The summed E-state index contributed by atoms with van der Waals surface area (Å²) in [7, 11) is 0. The molecule has 0 unspecified atom stereocenters. The van der Waals surface area contributed by atoms with E-state index >= 15 is 0 Å². The average molecular weight is 258 g/mol. The normalized spacial score (nSPS) is 31.4. The highest BCUT2D eigenvalue weighted by molar-refractivity contribution is 5.96. The molecular weight excluding hydrogens is 244 g/mol. The second-order valence-electron chi connectivity index (χ2n) is 5.06. The first-order valence-corrected chi connectivity index (χ1v) is 6.29. The molecule has 0 radical (unpaired) electrons. The topological polar surface area (TPSA) is 79.3 Å². The predicted molar refractivity (Wildman–Crippen MR) is 68.2 cm³/mol. The Morgan fingerprint density at radius 3 is 2.42 bits per heavy atom. The molecule has 98 valence electrons. The summed E-state index contributed by atoms with van der Waals surface area (Å²) in [6, 6.07) is 3.38. The van der Waals surface area contributed by atoms with Crippen molar-refractivity contribution in [1.82, 2.24) is 4.98 Å². The Kier molecular flexibility index (Phi) is 2.81. The minimum absolute atomic E-state index is 0.00399. The highest BCUT2D eigenvalue weighted by Gasteiger charge is 2.51. The van der Waals surface area contributed by atoms with Gasteiger partial charge in [0.25, 0.3) is 0 Å². The Morgan fingerprint density at radius 1 is 1.16 bits per heavy atom. The smallest absolute Gasteiger partial charge is 0.307 e. The van der Waals surface area contributed by atoms with E-state index in [1.165, 1.54) is 0 Å². The number of nitrogens with one attached hydrogen (secondary N) is 1. The molecule has 1 aromatic rings. The zero-order valence-electron chi connectivity index (χ0n) is 10.2. The number of fused-ring (bicyclic) bond motifs is 2. The lowest BCUT2D eigenvalue weighted by Crippen LogP contribution is -2.36. The molecule has 1 heterocycles. The molecule has 0 aliphatic heterocycles. The number of anilines is 1. The van der Waals surface area contributed by atoms with Gasteiger partial charge in [0.05, 0.1) is 11.8 Å². The van der Waals surface area contributed by atoms with Crippen LogP contribution in [0.15, 0.2) is 36.7 Å². The fraction of sp³-hybridized carbons (Fsp3) is 0.357. The number of rotatable bonds is 3. The van der Waals surface area contributed by atoms with E-state index in [2.05, 4.69) is 10.3 Å². The fourth-order valence-electron chi connectivity index (χ4n) is 3.18. The maximum Gasteiger partial charge on any atom is 0.307 e. The van der Waals surface area contributed by atoms with Crippen LogP contribution in [0.25, 0.3) is 0 Å². The molecule has 5 heteroatoms. The van der Waals surface area contributed by atoms with Crippen LogP contribution < -0.4 is 5.32 Å². The Bertz CT molecular complexity index is 541. The molecule has 4 atom stereocenters. The van der Waals surface area contributed by atoms with E-state index in [1.807, 2.05) is 12.2 Å². The summed E-state index contributed by atoms with van der Waals surface area (Å²) in [5, 5.41) is 12.1. The van der Waals surface area contributed by atoms with Crippen LogP contribution in [-0.2, 0) is 9.59 Å². The molecule has 19 heavy (non-hydrogen) atoms. The number of pyridine rings is 1. The van der Waals surface area contributed by atoms with Gasteiger partial charge in [-0.2, -0.15) is 0 Å². The second-order valence-corrected chi connectivity index (χ2v) is 5.06. The number of allylic oxidation sites excluding steroid dienone is 2. The molecule has 1 aromatic heterocycles. The van der Waals surface area contributed by atoms with E-state index in [1.54, 1.807) is 24.5 Å². The van der Waals surface area contributed by atoms with Crippen molar-refractivity contribution in [3.8, 4) is 0 Å². The molecule has 5 nitrogen and oxygen atoms in total. The number of carboxylic acid groups (broad SMARTS) is 1. The van der Waals surface area contributed by atoms with Crippen LogP contribution in [0.3, 0.4) is 0 Å². The molecule has 0 spiro atoms. The van der Waals surface area contributed by atoms with E-state index in [0.29, 0.717) is 5.69 Å². The Morgan fingerprint density at radius 2 is 1.79 bits per heavy atom. The van der Waals surface area contributed by atoms with Crippen LogP contribution in [0.1, 0.15) is 6.42 Å². The number of carboxylic acids is 1. The average Bonchev–Trinajstić information content (AvgIpc) is 2.99. The van der Waals surface area contributed by atoms with Crippen LogP contribution in [0, 0.1) is 23.7 Å². The molecule has 0 aromatic carbocycles. The monoisotopic (exact) mass is 258 g/mol. The van der Waals surface area contributed by atoms with Crippen molar-refractivity contribution in [2.75, 3.05) is 5.32 Å². The summed E-state index contributed by atoms with van der Waals surface area (Å²) < 4.78 is 0. The van der Waals surface area contributed by atoms with Crippen LogP contribution in [0.4, 0.5) is 5.69 Å². The lowest BCUT2D eigenvalue weighted by Gasteiger charge is -2.23. The van der Waals surface area contributed by atoms with E-state index in [0.717, 1.165) is 6.42 Å². The van der Waals surface area contributed by atoms with Crippen LogP contribution in [0.5, 0.6) is 0 Å².